The van der Waals surface area contributed by atoms with Gasteiger partial charge in [0.05, 0.1) is 37.6 Å². The molecular formula is C36H62O8. The summed E-state index contributed by atoms with van der Waals surface area (Å²) in [6, 6.07) is 0. The van der Waals surface area contributed by atoms with E-state index in [0.717, 1.165) is 103 Å². The normalized spacial score (nSPS) is 36.0. The molecule has 0 aliphatic heterocycles. The van der Waals surface area contributed by atoms with Crippen LogP contribution < -0.4 is 0 Å². The number of carbonyl (C=O) groups is 2. The van der Waals surface area contributed by atoms with E-state index in [1.54, 1.807) is 0 Å². The van der Waals surface area contributed by atoms with Crippen LogP contribution in [0.25, 0.3) is 0 Å². The number of rotatable bonds is 13. The van der Waals surface area contributed by atoms with Crippen LogP contribution in [0, 0.1) is 34.5 Å². The number of esters is 2. The lowest BCUT2D eigenvalue weighted by molar-refractivity contribution is -0.154. The summed E-state index contributed by atoms with van der Waals surface area (Å²) < 4.78 is 11.8. The number of aliphatic hydroxyl groups is 4. The van der Waals surface area contributed by atoms with Gasteiger partial charge in [-0.2, -0.15) is 0 Å². The summed E-state index contributed by atoms with van der Waals surface area (Å²) >= 11 is 0. The standard InChI is InChI=1S/C36H62O8/c1-35(25-7-15-29(37)16-8-25,26-9-17-30(38)18-10-26)23-43-33(41)5-3-4-6-34(42)44-24-36(2,27-11-19-31(39)20-12-27)28-13-21-32(40)22-14-28/h25-32,37-40H,3-24H2,1-2H3. The molecule has 0 aromatic heterocycles. The Hall–Kier alpha value is -1.22. The van der Waals surface area contributed by atoms with E-state index >= 15 is 0 Å². The van der Waals surface area contributed by atoms with Gasteiger partial charge in [0.2, 0.25) is 0 Å². The molecule has 4 N–H and O–H groups in total. The predicted octanol–water partition coefficient (Wildman–Crippen LogP) is 5.85. The molecule has 4 rings (SSSR count). The van der Waals surface area contributed by atoms with Crippen LogP contribution >= 0.6 is 0 Å². The molecule has 0 heterocycles. The second-order valence-corrected chi connectivity index (χ2v) is 15.6. The van der Waals surface area contributed by atoms with Crippen LogP contribution in [0.1, 0.15) is 142 Å². The van der Waals surface area contributed by atoms with E-state index in [4.69, 9.17) is 9.47 Å². The maximum Gasteiger partial charge on any atom is 0.305 e. The van der Waals surface area contributed by atoms with Gasteiger partial charge in [0.15, 0.2) is 0 Å². The first-order valence-electron chi connectivity index (χ1n) is 18.0. The van der Waals surface area contributed by atoms with Crippen molar-refractivity contribution in [3.05, 3.63) is 0 Å². The van der Waals surface area contributed by atoms with Crippen molar-refractivity contribution >= 4 is 11.9 Å². The molecule has 4 fully saturated rings. The number of hydrogen-bond acceptors (Lipinski definition) is 8. The first-order chi connectivity index (χ1) is 21.0. The minimum Gasteiger partial charge on any atom is -0.465 e. The minimum atomic E-state index is -0.228. The van der Waals surface area contributed by atoms with Gasteiger partial charge >= 0.3 is 11.9 Å². The Morgan fingerprint density at radius 3 is 0.932 bits per heavy atom. The zero-order valence-corrected chi connectivity index (χ0v) is 27.6. The fourth-order valence-electron chi connectivity index (χ4n) is 9.23. The van der Waals surface area contributed by atoms with Gasteiger partial charge in [-0.3, -0.25) is 9.59 Å². The lowest BCUT2D eigenvalue weighted by Gasteiger charge is -2.47. The summed E-state index contributed by atoms with van der Waals surface area (Å²) in [6.45, 7) is 5.26. The maximum absolute atomic E-state index is 12.8. The molecule has 0 spiro atoms. The van der Waals surface area contributed by atoms with Gasteiger partial charge < -0.3 is 29.9 Å². The second kappa shape index (κ2) is 16.6. The van der Waals surface area contributed by atoms with Crippen LogP contribution in [0.5, 0.6) is 0 Å². The lowest BCUT2D eigenvalue weighted by atomic mass is 9.60. The molecule has 254 valence electrons. The van der Waals surface area contributed by atoms with Crippen molar-refractivity contribution in [3.8, 4) is 0 Å². The van der Waals surface area contributed by atoms with Gasteiger partial charge in [0.1, 0.15) is 0 Å². The lowest BCUT2D eigenvalue weighted by Crippen LogP contribution is -2.44. The summed E-state index contributed by atoms with van der Waals surface area (Å²) in [6.07, 6.45) is 14.8. The largest absolute Gasteiger partial charge is 0.465 e. The Morgan fingerprint density at radius 2 is 0.705 bits per heavy atom. The third-order valence-electron chi connectivity index (χ3n) is 12.6. The molecule has 4 aliphatic rings. The molecule has 4 aliphatic carbocycles. The molecule has 0 unspecified atom stereocenters. The van der Waals surface area contributed by atoms with E-state index in [0.29, 0.717) is 49.7 Å². The van der Waals surface area contributed by atoms with E-state index in [1.807, 2.05) is 0 Å². The zero-order chi connectivity index (χ0) is 31.7. The maximum atomic E-state index is 12.8. The number of unbranched alkanes of at least 4 members (excludes halogenated alkanes) is 1. The fourth-order valence-corrected chi connectivity index (χ4v) is 9.23. The molecule has 0 atom stereocenters. The molecule has 8 nitrogen and oxygen atoms in total. The molecule has 0 amide bonds. The number of hydrogen-bond donors (Lipinski definition) is 4. The topological polar surface area (TPSA) is 134 Å². The molecule has 0 aromatic carbocycles. The van der Waals surface area contributed by atoms with Crippen molar-refractivity contribution in [2.24, 2.45) is 34.5 Å². The van der Waals surface area contributed by atoms with Gasteiger partial charge in [-0.1, -0.05) is 13.8 Å². The molecular weight excluding hydrogens is 560 g/mol. The highest BCUT2D eigenvalue weighted by atomic mass is 16.5. The quantitative estimate of drug-likeness (QED) is 0.149. The number of aliphatic hydroxyl groups excluding tert-OH is 4. The minimum absolute atomic E-state index is 0.154. The highest BCUT2D eigenvalue weighted by molar-refractivity contribution is 5.70. The monoisotopic (exact) mass is 622 g/mol. The molecule has 0 aromatic rings. The van der Waals surface area contributed by atoms with Crippen molar-refractivity contribution in [1.82, 2.24) is 0 Å². The Labute approximate surface area is 265 Å². The molecule has 44 heavy (non-hydrogen) atoms. The summed E-state index contributed by atoms with van der Waals surface area (Å²) in [5.74, 6) is 1.16. The average Bonchev–Trinajstić information content (AvgIpc) is 3.02. The van der Waals surface area contributed by atoms with Crippen molar-refractivity contribution in [2.75, 3.05) is 13.2 Å². The molecule has 0 saturated heterocycles. The van der Waals surface area contributed by atoms with Gasteiger partial charge in [-0.25, -0.2) is 0 Å². The van der Waals surface area contributed by atoms with Gasteiger partial charge in [0.25, 0.3) is 0 Å². The van der Waals surface area contributed by atoms with E-state index in [2.05, 4.69) is 13.8 Å². The number of carbonyl (C=O) groups excluding carboxylic acids is 2. The summed E-state index contributed by atoms with van der Waals surface area (Å²) in [5, 5.41) is 40.2. The van der Waals surface area contributed by atoms with Crippen LogP contribution in [0.4, 0.5) is 0 Å². The Kier molecular flexibility index (Phi) is 13.4. The Balaban J connectivity index is 1.20. The summed E-state index contributed by atoms with van der Waals surface area (Å²) in [4.78, 5) is 25.6. The van der Waals surface area contributed by atoms with Gasteiger partial charge in [0, 0.05) is 23.7 Å². The van der Waals surface area contributed by atoms with Crippen molar-refractivity contribution in [3.63, 3.8) is 0 Å². The van der Waals surface area contributed by atoms with Crippen LogP contribution in [0.3, 0.4) is 0 Å². The van der Waals surface area contributed by atoms with Crippen LogP contribution in [0.15, 0.2) is 0 Å². The van der Waals surface area contributed by atoms with Crippen molar-refractivity contribution in [2.45, 2.75) is 167 Å². The van der Waals surface area contributed by atoms with Gasteiger partial charge in [-0.05, 0) is 139 Å². The van der Waals surface area contributed by atoms with Crippen molar-refractivity contribution in [1.29, 1.82) is 0 Å². The average molecular weight is 623 g/mol. The van der Waals surface area contributed by atoms with E-state index in [9.17, 15) is 30.0 Å². The first kappa shape index (κ1) is 35.6. The van der Waals surface area contributed by atoms with Gasteiger partial charge in [-0.15, -0.1) is 0 Å². The Morgan fingerprint density at radius 1 is 0.477 bits per heavy atom. The highest BCUT2D eigenvalue weighted by Crippen LogP contribution is 2.50. The summed E-state index contributed by atoms with van der Waals surface area (Å²) in [7, 11) is 0. The Bertz CT molecular complexity index is 759. The second-order valence-electron chi connectivity index (χ2n) is 15.6. The predicted molar refractivity (Wildman–Crippen MR) is 168 cm³/mol. The third kappa shape index (κ3) is 9.65. The molecule has 0 bridgehead atoms. The molecule has 0 radical (unpaired) electrons. The molecule has 4 saturated carbocycles. The zero-order valence-electron chi connectivity index (χ0n) is 27.6. The smallest absolute Gasteiger partial charge is 0.305 e. The molecule has 8 heteroatoms. The van der Waals surface area contributed by atoms with Crippen LogP contribution in [-0.2, 0) is 19.1 Å². The van der Waals surface area contributed by atoms with Crippen LogP contribution in [-0.4, -0.2) is 70.0 Å². The first-order valence-corrected chi connectivity index (χ1v) is 18.0. The SMILES string of the molecule is CC(COC(=O)CCCCC(=O)OCC(C)(C1CCC(O)CC1)C1CCC(O)CC1)(C1CCC(O)CC1)C1CCC(O)CC1. The fraction of sp³-hybridized carbons (Fsp3) is 0.944. The van der Waals surface area contributed by atoms with Crippen LogP contribution in [0.2, 0.25) is 0 Å². The number of ether oxygens (including phenoxy) is 2. The van der Waals surface area contributed by atoms with E-state index in [1.165, 1.54) is 0 Å². The van der Waals surface area contributed by atoms with E-state index in [-0.39, 0.29) is 60.0 Å². The summed E-state index contributed by atoms with van der Waals surface area (Å²) in [5.41, 5.74) is -0.307. The van der Waals surface area contributed by atoms with E-state index < -0.39 is 0 Å². The third-order valence-corrected chi connectivity index (χ3v) is 12.6. The van der Waals surface area contributed by atoms with Crippen molar-refractivity contribution < 1.29 is 39.5 Å². The highest BCUT2D eigenvalue weighted by Gasteiger charge is 2.46.